The second-order valence-corrected chi connectivity index (χ2v) is 6.27. The molecular formula is C18H26N6O. The highest BCUT2D eigenvalue weighted by molar-refractivity contribution is 5.73. The van der Waals surface area contributed by atoms with Gasteiger partial charge in [-0.05, 0) is 38.4 Å². The molecule has 1 unspecified atom stereocenters. The summed E-state index contributed by atoms with van der Waals surface area (Å²) in [7, 11) is 0. The quantitative estimate of drug-likeness (QED) is 0.806. The average Bonchev–Trinajstić information content (AvgIpc) is 3.32. The monoisotopic (exact) mass is 342 g/mol. The average molecular weight is 342 g/mol. The Morgan fingerprint density at radius 1 is 1.20 bits per heavy atom. The Bertz CT molecular complexity index is 665. The zero-order valence-corrected chi connectivity index (χ0v) is 14.7. The first-order chi connectivity index (χ1) is 12.3. The van der Waals surface area contributed by atoms with Gasteiger partial charge < -0.3 is 15.2 Å². The summed E-state index contributed by atoms with van der Waals surface area (Å²) in [6, 6.07) is 10.4. The molecule has 1 saturated heterocycles. The van der Waals surface area contributed by atoms with Gasteiger partial charge in [0, 0.05) is 13.1 Å². The maximum atomic E-state index is 12.2. The van der Waals surface area contributed by atoms with Gasteiger partial charge in [-0.25, -0.2) is 4.79 Å². The molecule has 1 aliphatic heterocycles. The molecule has 2 aromatic rings. The number of hydrogen-bond donors (Lipinski definition) is 2. The molecule has 2 amide bonds. The van der Waals surface area contributed by atoms with E-state index in [-0.39, 0.29) is 12.1 Å². The second-order valence-electron chi connectivity index (χ2n) is 6.27. The van der Waals surface area contributed by atoms with Crippen LogP contribution in [0.4, 0.5) is 4.79 Å². The van der Waals surface area contributed by atoms with E-state index in [2.05, 4.69) is 50.0 Å². The van der Waals surface area contributed by atoms with Crippen LogP contribution in [0.15, 0.2) is 36.7 Å². The Labute approximate surface area is 148 Å². The molecule has 7 nitrogen and oxygen atoms in total. The summed E-state index contributed by atoms with van der Waals surface area (Å²) in [5.74, 6) is 0.761. The standard InChI is InChI=1S/C18H26N6O/c1-2-23-14-21-22-17(23)13-20-18(25)19-12-16(24-10-6-7-11-24)15-8-4-3-5-9-15/h3-5,8-9,14,16H,2,6-7,10-13H2,1H3,(H2,19,20,25). The van der Waals surface area contributed by atoms with E-state index in [0.717, 1.165) is 25.5 Å². The van der Waals surface area contributed by atoms with Crippen LogP contribution >= 0.6 is 0 Å². The summed E-state index contributed by atoms with van der Waals surface area (Å²) in [5, 5.41) is 13.8. The van der Waals surface area contributed by atoms with Crippen molar-refractivity contribution in [2.75, 3.05) is 19.6 Å². The van der Waals surface area contributed by atoms with Gasteiger partial charge in [0.2, 0.25) is 0 Å². The van der Waals surface area contributed by atoms with Gasteiger partial charge in [0.1, 0.15) is 6.33 Å². The molecule has 2 heterocycles. The van der Waals surface area contributed by atoms with Crippen molar-refractivity contribution >= 4 is 6.03 Å². The van der Waals surface area contributed by atoms with Crippen LogP contribution in [0, 0.1) is 0 Å². The summed E-state index contributed by atoms with van der Waals surface area (Å²) in [6.45, 7) is 5.95. The van der Waals surface area contributed by atoms with Crippen LogP contribution in [-0.4, -0.2) is 45.3 Å². The van der Waals surface area contributed by atoms with Crippen LogP contribution in [0.3, 0.4) is 0 Å². The Morgan fingerprint density at radius 2 is 1.96 bits per heavy atom. The molecule has 1 atom stereocenters. The second kappa shape index (κ2) is 8.62. The van der Waals surface area contributed by atoms with Gasteiger partial charge in [0.05, 0.1) is 12.6 Å². The van der Waals surface area contributed by atoms with E-state index in [1.165, 1.54) is 18.4 Å². The van der Waals surface area contributed by atoms with E-state index >= 15 is 0 Å². The molecule has 1 fully saturated rings. The van der Waals surface area contributed by atoms with Crippen molar-refractivity contribution in [3.05, 3.63) is 48.0 Å². The van der Waals surface area contributed by atoms with Crippen molar-refractivity contribution in [2.24, 2.45) is 0 Å². The number of rotatable bonds is 7. The summed E-state index contributed by atoms with van der Waals surface area (Å²) in [4.78, 5) is 14.6. The fourth-order valence-corrected chi connectivity index (χ4v) is 3.28. The molecule has 0 radical (unpaired) electrons. The van der Waals surface area contributed by atoms with E-state index in [4.69, 9.17) is 0 Å². The van der Waals surface area contributed by atoms with E-state index in [1.807, 2.05) is 17.6 Å². The molecule has 2 N–H and O–H groups in total. The number of aryl methyl sites for hydroxylation is 1. The van der Waals surface area contributed by atoms with Gasteiger partial charge in [-0.3, -0.25) is 4.90 Å². The van der Waals surface area contributed by atoms with Crippen molar-refractivity contribution in [3.63, 3.8) is 0 Å². The van der Waals surface area contributed by atoms with E-state index < -0.39 is 0 Å². The predicted molar refractivity (Wildman–Crippen MR) is 95.9 cm³/mol. The highest BCUT2D eigenvalue weighted by atomic mass is 16.2. The number of nitrogens with zero attached hydrogens (tertiary/aromatic N) is 4. The van der Waals surface area contributed by atoms with Crippen LogP contribution in [-0.2, 0) is 13.1 Å². The van der Waals surface area contributed by atoms with E-state index in [1.54, 1.807) is 6.33 Å². The molecule has 1 aromatic heterocycles. The molecule has 25 heavy (non-hydrogen) atoms. The first-order valence-electron chi connectivity index (χ1n) is 8.95. The van der Waals surface area contributed by atoms with Crippen LogP contribution < -0.4 is 10.6 Å². The molecule has 0 aliphatic carbocycles. The lowest BCUT2D eigenvalue weighted by Crippen LogP contribution is -2.41. The third kappa shape index (κ3) is 4.57. The molecule has 0 spiro atoms. The maximum absolute atomic E-state index is 12.2. The lowest BCUT2D eigenvalue weighted by atomic mass is 10.1. The molecule has 134 valence electrons. The van der Waals surface area contributed by atoms with E-state index in [0.29, 0.717) is 13.1 Å². The number of hydrogen-bond acceptors (Lipinski definition) is 4. The maximum Gasteiger partial charge on any atom is 0.315 e. The molecule has 1 aromatic carbocycles. The van der Waals surface area contributed by atoms with Crippen molar-refractivity contribution in [1.29, 1.82) is 0 Å². The fourth-order valence-electron chi connectivity index (χ4n) is 3.28. The van der Waals surface area contributed by atoms with Crippen LogP contribution in [0.2, 0.25) is 0 Å². The summed E-state index contributed by atoms with van der Waals surface area (Å²) in [5.41, 5.74) is 1.25. The van der Waals surface area contributed by atoms with Crippen molar-refractivity contribution < 1.29 is 4.79 Å². The zero-order valence-electron chi connectivity index (χ0n) is 14.7. The third-order valence-electron chi connectivity index (χ3n) is 4.67. The van der Waals surface area contributed by atoms with Gasteiger partial charge in [-0.1, -0.05) is 30.3 Å². The van der Waals surface area contributed by atoms with Crippen LogP contribution in [0.5, 0.6) is 0 Å². The minimum Gasteiger partial charge on any atom is -0.336 e. The lowest BCUT2D eigenvalue weighted by Gasteiger charge is -2.28. The van der Waals surface area contributed by atoms with Crippen molar-refractivity contribution in [3.8, 4) is 0 Å². The molecular weight excluding hydrogens is 316 g/mol. The molecule has 1 aliphatic rings. The summed E-state index contributed by atoms with van der Waals surface area (Å²) >= 11 is 0. The third-order valence-corrected chi connectivity index (χ3v) is 4.67. The number of urea groups is 1. The molecule has 0 saturated carbocycles. The number of likely N-dealkylation sites (tertiary alicyclic amines) is 1. The van der Waals surface area contributed by atoms with Gasteiger partial charge >= 0.3 is 6.03 Å². The summed E-state index contributed by atoms with van der Waals surface area (Å²) in [6.07, 6.45) is 4.12. The minimum atomic E-state index is -0.175. The normalized spacial score (nSPS) is 15.9. The van der Waals surface area contributed by atoms with E-state index in [9.17, 15) is 4.79 Å². The minimum absolute atomic E-state index is 0.175. The molecule has 3 rings (SSSR count). The largest absolute Gasteiger partial charge is 0.336 e. The van der Waals surface area contributed by atoms with Crippen molar-refractivity contribution in [2.45, 2.75) is 38.9 Å². The number of amides is 2. The number of nitrogens with one attached hydrogen (secondary N) is 2. The first kappa shape index (κ1) is 17.4. The predicted octanol–water partition coefficient (Wildman–Crippen LogP) is 1.93. The number of benzene rings is 1. The Hall–Kier alpha value is -2.41. The van der Waals surface area contributed by atoms with Crippen LogP contribution in [0.1, 0.15) is 37.2 Å². The SMILES string of the molecule is CCn1cnnc1CNC(=O)NCC(c1ccccc1)N1CCCC1. The summed E-state index contributed by atoms with van der Waals surface area (Å²) < 4.78 is 1.91. The lowest BCUT2D eigenvalue weighted by molar-refractivity contribution is 0.220. The molecule has 7 heteroatoms. The van der Waals surface area contributed by atoms with Gasteiger partial charge in [0.15, 0.2) is 5.82 Å². The van der Waals surface area contributed by atoms with Crippen molar-refractivity contribution in [1.82, 2.24) is 30.3 Å². The van der Waals surface area contributed by atoms with Gasteiger partial charge in [0.25, 0.3) is 0 Å². The van der Waals surface area contributed by atoms with Gasteiger partial charge in [-0.15, -0.1) is 10.2 Å². The zero-order chi connectivity index (χ0) is 17.5. The number of carbonyl (C=O) groups excluding carboxylic acids is 1. The topological polar surface area (TPSA) is 75.1 Å². The number of carbonyl (C=O) groups is 1. The van der Waals surface area contributed by atoms with Crippen LogP contribution in [0.25, 0.3) is 0 Å². The first-order valence-corrected chi connectivity index (χ1v) is 8.95. The Kier molecular flexibility index (Phi) is 6.00. The van der Waals surface area contributed by atoms with Gasteiger partial charge in [-0.2, -0.15) is 0 Å². The molecule has 0 bridgehead atoms. The number of aromatic nitrogens is 3. The Morgan fingerprint density at radius 3 is 2.68 bits per heavy atom. The fraction of sp³-hybridized carbons (Fsp3) is 0.500. The smallest absolute Gasteiger partial charge is 0.315 e. The Balaban J connectivity index is 1.54. The highest BCUT2D eigenvalue weighted by Crippen LogP contribution is 2.24. The highest BCUT2D eigenvalue weighted by Gasteiger charge is 2.23.